The van der Waals surface area contributed by atoms with Crippen molar-refractivity contribution in [2.45, 2.75) is 33.1 Å². The summed E-state index contributed by atoms with van der Waals surface area (Å²) in [6.07, 6.45) is 3.90. The molecule has 0 aromatic carbocycles. The number of likely N-dealkylation sites (tertiary alicyclic amines) is 1. The minimum atomic E-state index is 0.156. The molecule has 4 nitrogen and oxygen atoms in total. The predicted octanol–water partition coefficient (Wildman–Crippen LogP) is 1.08. The van der Waals surface area contributed by atoms with E-state index in [1.54, 1.807) is 0 Å². The average Bonchev–Trinajstić information content (AvgIpc) is 3.06. The van der Waals surface area contributed by atoms with Crippen LogP contribution in [0.3, 0.4) is 0 Å². The molecule has 1 aliphatic carbocycles. The molecule has 2 fully saturated rings. The van der Waals surface area contributed by atoms with Crippen molar-refractivity contribution in [3.8, 4) is 0 Å². The fourth-order valence-electron chi connectivity index (χ4n) is 2.79. The van der Waals surface area contributed by atoms with E-state index in [1.807, 2.05) is 0 Å². The van der Waals surface area contributed by atoms with Gasteiger partial charge < -0.3 is 15.5 Å². The minimum Gasteiger partial charge on any atom is -0.355 e. The molecule has 2 rings (SSSR count). The second-order valence-electron chi connectivity index (χ2n) is 6.69. The fraction of sp³-hybridized carbons (Fsp3) is 0.933. The first kappa shape index (κ1) is 14.8. The van der Waals surface area contributed by atoms with Gasteiger partial charge in [-0.15, -0.1) is 0 Å². The normalized spacial score (nSPS) is 24.1. The molecule has 2 aliphatic rings. The van der Waals surface area contributed by atoms with Gasteiger partial charge in [0.05, 0.1) is 6.54 Å². The van der Waals surface area contributed by atoms with Crippen molar-refractivity contribution >= 4 is 5.91 Å². The molecule has 2 N–H and O–H groups in total. The van der Waals surface area contributed by atoms with E-state index in [1.165, 1.54) is 32.4 Å². The average molecular weight is 267 g/mol. The molecular weight excluding hydrogens is 238 g/mol. The third-order valence-electron chi connectivity index (χ3n) is 4.00. The van der Waals surface area contributed by atoms with E-state index < -0.39 is 0 Å². The van der Waals surface area contributed by atoms with Crippen molar-refractivity contribution in [3.63, 3.8) is 0 Å². The van der Waals surface area contributed by atoms with E-state index in [4.69, 9.17) is 0 Å². The van der Waals surface area contributed by atoms with Crippen LogP contribution in [0.25, 0.3) is 0 Å². The van der Waals surface area contributed by atoms with E-state index in [0.29, 0.717) is 12.5 Å². The Morgan fingerprint density at radius 2 is 2.00 bits per heavy atom. The maximum atomic E-state index is 11.7. The lowest BCUT2D eigenvalue weighted by Crippen LogP contribution is -2.38. The molecule has 0 aromatic rings. The summed E-state index contributed by atoms with van der Waals surface area (Å²) >= 11 is 0. The quantitative estimate of drug-likeness (QED) is 0.692. The largest absolute Gasteiger partial charge is 0.355 e. The van der Waals surface area contributed by atoms with Crippen LogP contribution in [0, 0.1) is 17.8 Å². The van der Waals surface area contributed by atoms with Crippen LogP contribution >= 0.6 is 0 Å². The van der Waals surface area contributed by atoms with Gasteiger partial charge in [0.25, 0.3) is 0 Å². The molecule has 0 radical (unpaired) electrons. The highest BCUT2D eigenvalue weighted by Crippen LogP contribution is 2.27. The zero-order valence-electron chi connectivity index (χ0n) is 12.5. The van der Waals surface area contributed by atoms with Gasteiger partial charge in [0.15, 0.2) is 0 Å². The molecular formula is C15H29N3O. The molecule has 1 atom stereocenters. The van der Waals surface area contributed by atoms with Crippen molar-refractivity contribution in [3.05, 3.63) is 0 Å². The summed E-state index contributed by atoms with van der Waals surface area (Å²) in [6.45, 7) is 10.4. The van der Waals surface area contributed by atoms with Crippen LogP contribution in [0.4, 0.5) is 0 Å². The molecule has 1 saturated carbocycles. The highest BCUT2D eigenvalue weighted by molar-refractivity contribution is 5.77. The molecule has 19 heavy (non-hydrogen) atoms. The maximum Gasteiger partial charge on any atom is 0.233 e. The first-order valence-electron chi connectivity index (χ1n) is 7.83. The standard InChI is InChI=1S/C15H29N3O/c1-12(2)10-18-6-5-14(11-18)8-17-15(19)9-16-7-13-3-4-13/h12-14,16H,3-11H2,1-2H3,(H,17,19). The Balaban J connectivity index is 1.51. The Bertz CT molecular complexity index is 289. The lowest BCUT2D eigenvalue weighted by Gasteiger charge is -2.18. The highest BCUT2D eigenvalue weighted by atomic mass is 16.1. The number of nitrogens with zero attached hydrogens (tertiary/aromatic N) is 1. The Labute approximate surface area is 117 Å². The molecule has 0 spiro atoms. The summed E-state index contributed by atoms with van der Waals surface area (Å²) < 4.78 is 0. The lowest BCUT2D eigenvalue weighted by molar-refractivity contribution is -0.120. The number of hydrogen-bond acceptors (Lipinski definition) is 3. The lowest BCUT2D eigenvalue weighted by atomic mass is 10.1. The second kappa shape index (κ2) is 7.25. The van der Waals surface area contributed by atoms with Crippen molar-refractivity contribution in [2.75, 3.05) is 39.3 Å². The summed E-state index contributed by atoms with van der Waals surface area (Å²) in [5.74, 6) is 2.38. The second-order valence-corrected chi connectivity index (χ2v) is 6.69. The smallest absolute Gasteiger partial charge is 0.233 e. The van der Waals surface area contributed by atoms with Gasteiger partial charge in [0, 0.05) is 19.6 Å². The number of carbonyl (C=O) groups excluding carboxylic acids is 1. The van der Waals surface area contributed by atoms with Gasteiger partial charge in [0.1, 0.15) is 0 Å². The van der Waals surface area contributed by atoms with Crippen molar-refractivity contribution < 1.29 is 4.79 Å². The van der Waals surface area contributed by atoms with Crippen molar-refractivity contribution in [2.24, 2.45) is 17.8 Å². The van der Waals surface area contributed by atoms with Gasteiger partial charge >= 0.3 is 0 Å². The van der Waals surface area contributed by atoms with Crippen LogP contribution in [0.5, 0.6) is 0 Å². The molecule has 110 valence electrons. The van der Waals surface area contributed by atoms with Crippen molar-refractivity contribution in [1.29, 1.82) is 0 Å². The van der Waals surface area contributed by atoms with E-state index in [9.17, 15) is 4.79 Å². The predicted molar refractivity (Wildman–Crippen MR) is 78.0 cm³/mol. The SMILES string of the molecule is CC(C)CN1CCC(CNC(=O)CNCC2CC2)C1. The van der Waals surface area contributed by atoms with Crippen LogP contribution in [0.1, 0.15) is 33.1 Å². The van der Waals surface area contributed by atoms with E-state index >= 15 is 0 Å². The monoisotopic (exact) mass is 267 g/mol. The first-order valence-corrected chi connectivity index (χ1v) is 7.83. The minimum absolute atomic E-state index is 0.156. The first-order chi connectivity index (χ1) is 9.13. The van der Waals surface area contributed by atoms with E-state index in [-0.39, 0.29) is 5.91 Å². The number of amides is 1. The zero-order valence-corrected chi connectivity index (χ0v) is 12.5. The van der Waals surface area contributed by atoms with Crippen LogP contribution in [0.2, 0.25) is 0 Å². The Hall–Kier alpha value is -0.610. The highest BCUT2D eigenvalue weighted by Gasteiger charge is 2.23. The number of carbonyl (C=O) groups is 1. The molecule has 1 unspecified atom stereocenters. The number of hydrogen-bond donors (Lipinski definition) is 2. The molecule has 4 heteroatoms. The van der Waals surface area contributed by atoms with Gasteiger partial charge in [-0.2, -0.15) is 0 Å². The van der Waals surface area contributed by atoms with E-state index in [2.05, 4.69) is 29.4 Å². The van der Waals surface area contributed by atoms with Crippen molar-refractivity contribution in [1.82, 2.24) is 15.5 Å². The third-order valence-corrected chi connectivity index (χ3v) is 4.00. The summed E-state index contributed by atoms with van der Waals surface area (Å²) in [4.78, 5) is 14.2. The Morgan fingerprint density at radius 3 is 2.68 bits per heavy atom. The van der Waals surface area contributed by atoms with Crippen LogP contribution in [0.15, 0.2) is 0 Å². The molecule has 1 saturated heterocycles. The molecule has 1 heterocycles. The van der Waals surface area contributed by atoms with Crippen LogP contribution < -0.4 is 10.6 Å². The maximum absolute atomic E-state index is 11.7. The van der Waals surface area contributed by atoms with Gasteiger partial charge in [-0.3, -0.25) is 4.79 Å². The Morgan fingerprint density at radius 1 is 1.21 bits per heavy atom. The number of nitrogens with one attached hydrogen (secondary N) is 2. The molecule has 0 aromatic heterocycles. The summed E-state index contributed by atoms with van der Waals surface area (Å²) in [7, 11) is 0. The summed E-state index contributed by atoms with van der Waals surface area (Å²) in [5.41, 5.74) is 0. The Kier molecular flexibility index (Phi) is 5.64. The van der Waals surface area contributed by atoms with Gasteiger partial charge in [0.2, 0.25) is 5.91 Å². The molecule has 0 bridgehead atoms. The van der Waals surface area contributed by atoms with Crippen LogP contribution in [-0.4, -0.2) is 50.1 Å². The molecule has 1 amide bonds. The number of rotatable bonds is 8. The summed E-state index contributed by atoms with van der Waals surface area (Å²) in [5, 5.41) is 6.30. The van der Waals surface area contributed by atoms with Gasteiger partial charge in [-0.25, -0.2) is 0 Å². The van der Waals surface area contributed by atoms with Gasteiger partial charge in [-0.05, 0) is 50.1 Å². The van der Waals surface area contributed by atoms with Gasteiger partial charge in [-0.1, -0.05) is 13.8 Å². The van der Waals surface area contributed by atoms with E-state index in [0.717, 1.165) is 31.5 Å². The molecule has 1 aliphatic heterocycles. The third kappa shape index (κ3) is 5.91. The topological polar surface area (TPSA) is 44.4 Å². The van der Waals surface area contributed by atoms with Crippen LogP contribution in [-0.2, 0) is 4.79 Å². The summed E-state index contributed by atoms with van der Waals surface area (Å²) in [6, 6.07) is 0. The zero-order chi connectivity index (χ0) is 13.7. The fourth-order valence-corrected chi connectivity index (χ4v) is 2.79.